The highest BCUT2D eigenvalue weighted by atomic mass is 14.8. The zero-order valence-corrected chi connectivity index (χ0v) is 10.4. The summed E-state index contributed by atoms with van der Waals surface area (Å²) in [6, 6.07) is 0. The summed E-state index contributed by atoms with van der Waals surface area (Å²) in [5, 5.41) is 0. The van der Waals surface area contributed by atoms with E-state index in [1.807, 2.05) is 0 Å². The van der Waals surface area contributed by atoms with Crippen LogP contribution in [0.3, 0.4) is 0 Å². The average Bonchev–Trinajstić information content (AvgIpc) is 2.47. The van der Waals surface area contributed by atoms with Gasteiger partial charge in [0.05, 0.1) is 0 Å². The largest absolute Gasteiger partial charge is 0.261 e. The van der Waals surface area contributed by atoms with Gasteiger partial charge in [0.1, 0.15) is 0 Å². The molecule has 1 nitrogen and oxygen atoms in total. The molecule has 0 spiro atoms. The summed E-state index contributed by atoms with van der Waals surface area (Å²) in [5.74, 6) is 1.82. The molecule has 0 bridgehead atoms. The zero-order valence-electron chi connectivity index (χ0n) is 10.4. The summed E-state index contributed by atoms with van der Waals surface area (Å²) in [6.45, 7) is 13.5. The second-order valence-electron chi connectivity index (χ2n) is 5.15. The first-order valence-electron chi connectivity index (χ1n) is 5.73. The Morgan fingerprint density at radius 2 is 1.43 bits per heavy atom. The van der Waals surface area contributed by atoms with Crippen molar-refractivity contribution in [2.45, 2.75) is 48.0 Å². The Balaban J connectivity index is 2.92. The Kier molecular flexibility index (Phi) is 3.52. The molecule has 0 aromatic rings. The Morgan fingerprint density at radius 3 is 1.71 bits per heavy atom. The third kappa shape index (κ3) is 2.26. The SMILES string of the molecule is CC(C)C1=NC(C(C)C)=C(C(C)C)C1. The van der Waals surface area contributed by atoms with Crippen LogP contribution in [0.2, 0.25) is 0 Å². The molecule has 1 heterocycles. The lowest BCUT2D eigenvalue weighted by Gasteiger charge is -2.11. The van der Waals surface area contributed by atoms with Crippen LogP contribution < -0.4 is 0 Å². The van der Waals surface area contributed by atoms with Crippen LogP contribution in [-0.4, -0.2) is 5.71 Å². The van der Waals surface area contributed by atoms with Gasteiger partial charge >= 0.3 is 0 Å². The van der Waals surface area contributed by atoms with E-state index in [0.29, 0.717) is 17.8 Å². The maximum absolute atomic E-state index is 4.79. The van der Waals surface area contributed by atoms with Crippen molar-refractivity contribution in [3.63, 3.8) is 0 Å². The first-order chi connectivity index (χ1) is 6.43. The third-order valence-corrected chi connectivity index (χ3v) is 2.87. The second-order valence-corrected chi connectivity index (χ2v) is 5.15. The lowest BCUT2D eigenvalue weighted by Crippen LogP contribution is -2.06. The fraction of sp³-hybridized carbons (Fsp3) is 0.769. The van der Waals surface area contributed by atoms with Crippen LogP contribution in [0.1, 0.15) is 48.0 Å². The molecule has 1 heteroatoms. The van der Waals surface area contributed by atoms with Gasteiger partial charge in [0, 0.05) is 17.8 Å². The van der Waals surface area contributed by atoms with Crippen molar-refractivity contribution in [1.29, 1.82) is 0 Å². The van der Waals surface area contributed by atoms with Crippen molar-refractivity contribution in [3.05, 3.63) is 11.3 Å². The summed E-state index contributed by atoms with van der Waals surface area (Å²) in [7, 11) is 0. The van der Waals surface area contributed by atoms with E-state index >= 15 is 0 Å². The van der Waals surface area contributed by atoms with E-state index in [2.05, 4.69) is 41.5 Å². The van der Waals surface area contributed by atoms with Gasteiger partial charge in [-0.05, 0) is 23.3 Å². The molecule has 0 unspecified atom stereocenters. The number of rotatable bonds is 3. The minimum atomic E-state index is 0.573. The highest BCUT2D eigenvalue weighted by Crippen LogP contribution is 2.32. The fourth-order valence-electron chi connectivity index (χ4n) is 1.88. The molecule has 1 rings (SSSR count). The minimum Gasteiger partial charge on any atom is -0.261 e. The molecule has 14 heavy (non-hydrogen) atoms. The molecular formula is C13H23N. The van der Waals surface area contributed by atoms with Crippen LogP contribution in [0.25, 0.3) is 0 Å². The Hall–Kier alpha value is -0.590. The molecule has 0 amide bonds. The van der Waals surface area contributed by atoms with E-state index in [-0.39, 0.29) is 0 Å². The number of hydrogen-bond acceptors (Lipinski definition) is 1. The van der Waals surface area contributed by atoms with Gasteiger partial charge in [-0.2, -0.15) is 0 Å². The van der Waals surface area contributed by atoms with Gasteiger partial charge in [-0.3, -0.25) is 4.99 Å². The Bertz CT molecular complexity index is 267. The standard InChI is InChI=1S/C13H23N/c1-8(2)11-7-12(9(3)4)14-13(11)10(5)6/h8-10H,7H2,1-6H3. The quantitative estimate of drug-likeness (QED) is 0.641. The number of hydrogen-bond donors (Lipinski definition) is 0. The fourth-order valence-corrected chi connectivity index (χ4v) is 1.88. The molecule has 0 radical (unpaired) electrons. The van der Waals surface area contributed by atoms with Crippen LogP contribution in [0.5, 0.6) is 0 Å². The van der Waals surface area contributed by atoms with E-state index in [9.17, 15) is 0 Å². The number of nitrogens with zero attached hydrogens (tertiary/aromatic N) is 1. The van der Waals surface area contributed by atoms with E-state index < -0.39 is 0 Å². The van der Waals surface area contributed by atoms with Gasteiger partial charge in [0.15, 0.2) is 0 Å². The molecule has 0 saturated heterocycles. The summed E-state index contributed by atoms with van der Waals surface area (Å²) in [6.07, 6.45) is 1.11. The van der Waals surface area contributed by atoms with E-state index in [4.69, 9.17) is 4.99 Å². The van der Waals surface area contributed by atoms with Crippen molar-refractivity contribution in [2.75, 3.05) is 0 Å². The van der Waals surface area contributed by atoms with Crippen molar-refractivity contribution in [1.82, 2.24) is 0 Å². The van der Waals surface area contributed by atoms with Gasteiger partial charge in [-0.25, -0.2) is 0 Å². The van der Waals surface area contributed by atoms with Gasteiger partial charge in [0.25, 0.3) is 0 Å². The summed E-state index contributed by atoms with van der Waals surface area (Å²) < 4.78 is 0. The molecule has 1 aliphatic rings. The smallest absolute Gasteiger partial charge is 0.0427 e. The van der Waals surface area contributed by atoms with Crippen molar-refractivity contribution < 1.29 is 0 Å². The number of aliphatic imine (C=N–C) groups is 1. The predicted octanol–water partition coefficient (Wildman–Crippen LogP) is 4.05. The molecule has 0 fully saturated rings. The van der Waals surface area contributed by atoms with Gasteiger partial charge in [-0.1, -0.05) is 41.5 Å². The predicted molar refractivity (Wildman–Crippen MR) is 63.6 cm³/mol. The molecule has 1 aliphatic heterocycles. The Morgan fingerprint density at radius 1 is 0.857 bits per heavy atom. The molecular weight excluding hydrogens is 170 g/mol. The van der Waals surface area contributed by atoms with Gasteiger partial charge in [-0.15, -0.1) is 0 Å². The van der Waals surface area contributed by atoms with E-state index in [1.165, 1.54) is 11.4 Å². The lowest BCUT2D eigenvalue weighted by molar-refractivity contribution is 0.688. The molecule has 80 valence electrons. The highest BCUT2D eigenvalue weighted by Gasteiger charge is 2.23. The molecule has 0 saturated carbocycles. The zero-order chi connectivity index (χ0) is 10.9. The lowest BCUT2D eigenvalue weighted by atomic mass is 9.92. The van der Waals surface area contributed by atoms with Crippen LogP contribution in [-0.2, 0) is 0 Å². The summed E-state index contributed by atoms with van der Waals surface area (Å²) >= 11 is 0. The first-order valence-corrected chi connectivity index (χ1v) is 5.73. The normalized spacial score (nSPS) is 17.6. The first kappa shape index (κ1) is 11.5. The van der Waals surface area contributed by atoms with E-state index in [0.717, 1.165) is 6.42 Å². The van der Waals surface area contributed by atoms with Gasteiger partial charge < -0.3 is 0 Å². The molecule has 0 aromatic heterocycles. The molecule has 0 N–H and O–H groups in total. The maximum Gasteiger partial charge on any atom is 0.0427 e. The topological polar surface area (TPSA) is 12.4 Å². The molecule has 0 aliphatic carbocycles. The summed E-state index contributed by atoms with van der Waals surface area (Å²) in [5.41, 5.74) is 4.28. The second kappa shape index (κ2) is 4.29. The van der Waals surface area contributed by atoms with E-state index in [1.54, 1.807) is 5.57 Å². The van der Waals surface area contributed by atoms with Crippen LogP contribution in [0, 0.1) is 17.8 Å². The van der Waals surface area contributed by atoms with Crippen molar-refractivity contribution in [3.8, 4) is 0 Å². The van der Waals surface area contributed by atoms with Crippen molar-refractivity contribution in [2.24, 2.45) is 22.7 Å². The van der Waals surface area contributed by atoms with Crippen LogP contribution in [0.15, 0.2) is 16.3 Å². The minimum absolute atomic E-state index is 0.573. The van der Waals surface area contributed by atoms with Crippen LogP contribution in [0.4, 0.5) is 0 Å². The molecule has 0 aromatic carbocycles. The maximum atomic E-state index is 4.79. The average molecular weight is 193 g/mol. The Labute approximate surface area is 88.3 Å². The summed E-state index contributed by atoms with van der Waals surface area (Å²) in [4.78, 5) is 4.79. The number of allylic oxidation sites excluding steroid dienone is 2. The monoisotopic (exact) mass is 193 g/mol. The van der Waals surface area contributed by atoms with Gasteiger partial charge in [0.2, 0.25) is 0 Å². The molecule has 0 atom stereocenters. The van der Waals surface area contributed by atoms with Crippen LogP contribution >= 0.6 is 0 Å². The van der Waals surface area contributed by atoms with Crippen molar-refractivity contribution >= 4 is 5.71 Å². The third-order valence-electron chi connectivity index (χ3n) is 2.87. The highest BCUT2D eigenvalue weighted by molar-refractivity contribution is 5.91.